The summed E-state index contributed by atoms with van der Waals surface area (Å²) in [5.41, 5.74) is -1.19. The number of hydrogen-bond acceptors (Lipinski definition) is 3. The van der Waals surface area contributed by atoms with E-state index >= 15 is 0 Å². The Kier molecular flexibility index (Phi) is 3.65. The van der Waals surface area contributed by atoms with Crippen molar-refractivity contribution in [1.82, 2.24) is 4.90 Å². The van der Waals surface area contributed by atoms with Crippen LogP contribution in [-0.4, -0.2) is 40.6 Å². The first-order valence-electron chi connectivity index (χ1n) is 5.72. The maximum Gasteiger partial charge on any atom is 0.343 e. The van der Waals surface area contributed by atoms with Crippen molar-refractivity contribution < 1.29 is 19.1 Å². The van der Waals surface area contributed by atoms with E-state index in [1.54, 1.807) is 11.3 Å². The smallest absolute Gasteiger partial charge is 0.343 e. The Morgan fingerprint density at radius 3 is 2.89 bits per heavy atom. The van der Waals surface area contributed by atoms with E-state index in [9.17, 15) is 14.0 Å². The summed E-state index contributed by atoms with van der Waals surface area (Å²) in [4.78, 5) is 23.9. The molecule has 0 aromatic carbocycles. The molecular formula is C12H14FNO3S. The van der Waals surface area contributed by atoms with Gasteiger partial charge in [-0.2, -0.15) is 11.3 Å². The summed E-state index contributed by atoms with van der Waals surface area (Å²) in [6.07, 6.45) is 0.796. The van der Waals surface area contributed by atoms with E-state index in [-0.39, 0.29) is 25.4 Å². The number of hydrogen-bond donors (Lipinski definition) is 1. The minimum Gasteiger partial charge on any atom is -0.479 e. The minimum atomic E-state index is -2.27. The molecule has 98 valence electrons. The van der Waals surface area contributed by atoms with Gasteiger partial charge in [0, 0.05) is 19.4 Å². The van der Waals surface area contributed by atoms with Gasteiger partial charge in [-0.1, -0.05) is 0 Å². The van der Waals surface area contributed by atoms with Crippen LogP contribution in [0.3, 0.4) is 0 Å². The molecule has 1 N–H and O–H groups in total. The Morgan fingerprint density at radius 1 is 1.56 bits per heavy atom. The van der Waals surface area contributed by atoms with Crippen LogP contribution < -0.4 is 0 Å². The van der Waals surface area contributed by atoms with Gasteiger partial charge in [0.1, 0.15) is 0 Å². The zero-order chi connectivity index (χ0) is 13.2. The molecule has 1 aliphatic rings. The first-order chi connectivity index (χ1) is 8.51. The van der Waals surface area contributed by atoms with Gasteiger partial charge in [-0.3, -0.25) is 4.79 Å². The first kappa shape index (κ1) is 13.0. The molecule has 1 atom stereocenters. The number of nitrogens with zero attached hydrogens (tertiary/aromatic N) is 1. The number of carboxylic acid groups (broad SMARTS) is 1. The van der Waals surface area contributed by atoms with Crippen LogP contribution in [0.25, 0.3) is 0 Å². The predicted octanol–water partition coefficient (Wildman–Crippen LogP) is 1.71. The van der Waals surface area contributed by atoms with Crippen LogP contribution in [0.4, 0.5) is 4.39 Å². The van der Waals surface area contributed by atoms with Crippen LogP contribution >= 0.6 is 11.3 Å². The number of rotatable bonds is 4. The van der Waals surface area contributed by atoms with E-state index in [2.05, 4.69) is 0 Å². The van der Waals surface area contributed by atoms with Gasteiger partial charge < -0.3 is 10.0 Å². The lowest BCUT2D eigenvalue weighted by Gasteiger charge is -2.17. The molecule has 1 aliphatic heterocycles. The lowest BCUT2D eigenvalue weighted by Crippen LogP contribution is -2.38. The molecule has 0 radical (unpaired) electrons. The van der Waals surface area contributed by atoms with Crippen molar-refractivity contribution >= 4 is 23.2 Å². The van der Waals surface area contributed by atoms with E-state index in [4.69, 9.17) is 5.11 Å². The van der Waals surface area contributed by atoms with Crippen molar-refractivity contribution in [3.63, 3.8) is 0 Å². The second kappa shape index (κ2) is 5.06. The Labute approximate surface area is 108 Å². The molecule has 1 saturated heterocycles. The molecule has 1 unspecified atom stereocenters. The Hall–Kier alpha value is -1.43. The summed E-state index contributed by atoms with van der Waals surface area (Å²) in [5.74, 6) is -1.65. The fourth-order valence-corrected chi connectivity index (χ4v) is 2.71. The van der Waals surface area contributed by atoms with E-state index in [0.29, 0.717) is 12.8 Å². The number of halogens is 1. The Balaban J connectivity index is 1.86. The van der Waals surface area contributed by atoms with Gasteiger partial charge in [0.05, 0.1) is 6.54 Å². The van der Waals surface area contributed by atoms with Gasteiger partial charge in [0.15, 0.2) is 0 Å². The van der Waals surface area contributed by atoms with Crippen molar-refractivity contribution in [3.8, 4) is 0 Å². The number of carboxylic acids is 1. The number of thiophene rings is 1. The van der Waals surface area contributed by atoms with E-state index in [1.165, 1.54) is 4.90 Å². The van der Waals surface area contributed by atoms with Gasteiger partial charge >= 0.3 is 5.97 Å². The summed E-state index contributed by atoms with van der Waals surface area (Å²) < 4.78 is 13.8. The third-order valence-electron chi connectivity index (χ3n) is 3.16. The second-order valence-electron chi connectivity index (χ2n) is 4.47. The lowest BCUT2D eigenvalue weighted by atomic mass is 10.1. The molecule has 0 bridgehead atoms. The number of carbonyl (C=O) groups is 2. The Morgan fingerprint density at radius 2 is 2.33 bits per heavy atom. The van der Waals surface area contributed by atoms with Gasteiger partial charge in [-0.25, -0.2) is 9.18 Å². The third-order valence-corrected chi connectivity index (χ3v) is 3.90. The molecule has 0 aliphatic carbocycles. The van der Waals surface area contributed by atoms with Gasteiger partial charge in [-0.15, -0.1) is 0 Å². The summed E-state index contributed by atoms with van der Waals surface area (Å²) in [7, 11) is 0. The van der Waals surface area contributed by atoms with Gasteiger partial charge in [0.25, 0.3) is 0 Å². The van der Waals surface area contributed by atoms with Crippen LogP contribution in [0.1, 0.15) is 18.4 Å². The molecule has 18 heavy (non-hydrogen) atoms. The number of aryl methyl sites for hydroxylation is 1. The standard InChI is InChI=1S/C12H14FNO3S/c13-12(11(16)17)4-5-14(8-12)10(15)2-1-9-3-6-18-7-9/h3,6-7H,1-2,4-5,8H2,(H,16,17). The topological polar surface area (TPSA) is 57.6 Å². The van der Waals surface area contributed by atoms with Crippen LogP contribution in [0, 0.1) is 0 Å². The normalized spacial score (nSPS) is 23.3. The molecule has 2 rings (SSSR count). The molecule has 1 amide bonds. The van der Waals surface area contributed by atoms with Crippen molar-refractivity contribution in [3.05, 3.63) is 22.4 Å². The SMILES string of the molecule is O=C(CCc1ccsc1)N1CCC(F)(C(=O)O)C1. The molecule has 1 fully saturated rings. The highest BCUT2D eigenvalue weighted by atomic mass is 32.1. The largest absolute Gasteiger partial charge is 0.479 e. The number of alkyl halides is 1. The quantitative estimate of drug-likeness (QED) is 0.907. The summed E-state index contributed by atoms with van der Waals surface area (Å²) in [6, 6.07) is 1.94. The molecule has 2 heterocycles. The fraction of sp³-hybridized carbons (Fsp3) is 0.500. The molecule has 0 spiro atoms. The molecule has 4 nitrogen and oxygen atoms in total. The lowest BCUT2D eigenvalue weighted by molar-refractivity contribution is -0.150. The van der Waals surface area contributed by atoms with Crippen molar-refractivity contribution in [2.75, 3.05) is 13.1 Å². The maximum atomic E-state index is 13.8. The average Bonchev–Trinajstić information content (AvgIpc) is 2.95. The van der Waals surface area contributed by atoms with Crippen LogP contribution in [0.15, 0.2) is 16.8 Å². The molecule has 6 heteroatoms. The third kappa shape index (κ3) is 2.69. The molecule has 1 aromatic rings. The monoisotopic (exact) mass is 271 g/mol. The number of aliphatic carboxylic acids is 1. The highest BCUT2D eigenvalue weighted by Crippen LogP contribution is 2.26. The van der Waals surface area contributed by atoms with Crippen molar-refractivity contribution in [2.45, 2.75) is 24.9 Å². The molecule has 1 aromatic heterocycles. The van der Waals surface area contributed by atoms with Crippen molar-refractivity contribution in [2.24, 2.45) is 0 Å². The fourth-order valence-electron chi connectivity index (χ4n) is 2.00. The van der Waals surface area contributed by atoms with Crippen LogP contribution in [0.2, 0.25) is 0 Å². The average molecular weight is 271 g/mol. The maximum absolute atomic E-state index is 13.8. The van der Waals surface area contributed by atoms with E-state index in [1.807, 2.05) is 16.8 Å². The number of amides is 1. The number of likely N-dealkylation sites (tertiary alicyclic amines) is 1. The van der Waals surface area contributed by atoms with E-state index < -0.39 is 11.6 Å². The van der Waals surface area contributed by atoms with Gasteiger partial charge in [0.2, 0.25) is 11.6 Å². The van der Waals surface area contributed by atoms with Crippen molar-refractivity contribution in [1.29, 1.82) is 0 Å². The summed E-state index contributed by atoms with van der Waals surface area (Å²) in [5, 5.41) is 12.6. The predicted molar refractivity (Wildman–Crippen MR) is 65.3 cm³/mol. The molecular weight excluding hydrogens is 257 g/mol. The highest BCUT2D eigenvalue weighted by Gasteiger charge is 2.46. The first-order valence-corrected chi connectivity index (χ1v) is 6.67. The zero-order valence-electron chi connectivity index (χ0n) is 9.76. The Bertz CT molecular complexity index is 448. The zero-order valence-corrected chi connectivity index (χ0v) is 10.6. The van der Waals surface area contributed by atoms with Crippen LogP contribution in [0.5, 0.6) is 0 Å². The highest BCUT2D eigenvalue weighted by molar-refractivity contribution is 7.07. The summed E-state index contributed by atoms with van der Waals surface area (Å²) in [6.45, 7) is -0.143. The number of carbonyl (C=O) groups excluding carboxylic acids is 1. The second-order valence-corrected chi connectivity index (χ2v) is 5.25. The van der Waals surface area contributed by atoms with Crippen LogP contribution in [-0.2, 0) is 16.0 Å². The molecule has 0 saturated carbocycles. The van der Waals surface area contributed by atoms with E-state index in [0.717, 1.165) is 5.56 Å². The van der Waals surface area contributed by atoms with Gasteiger partial charge in [-0.05, 0) is 28.8 Å². The minimum absolute atomic E-state index is 0.119. The summed E-state index contributed by atoms with van der Waals surface area (Å²) >= 11 is 1.56.